The third-order valence-electron chi connectivity index (χ3n) is 5.22. The van der Waals surface area contributed by atoms with Gasteiger partial charge in [-0.1, -0.05) is 54.1 Å². The average Bonchev–Trinajstić information content (AvgIpc) is 2.72. The Bertz CT molecular complexity index is 965. The fourth-order valence-corrected chi connectivity index (χ4v) is 3.88. The van der Waals surface area contributed by atoms with Gasteiger partial charge in [-0.3, -0.25) is 4.79 Å². The largest absolute Gasteiger partial charge is 0.497 e. The van der Waals surface area contributed by atoms with Crippen LogP contribution < -0.4 is 4.74 Å². The van der Waals surface area contributed by atoms with E-state index in [1.807, 2.05) is 60.4 Å². The van der Waals surface area contributed by atoms with E-state index in [0.717, 1.165) is 34.4 Å². The van der Waals surface area contributed by atoms with Crippen LogP contribution in [-0.2, 0) is 6.42 Å². The average molecular weight is 357 g/mol. The molecule has 0 saturated carbocycles. The van der Waals surface area contributed by atoms with E-state index in [9.17, 15) is 4.79 Å². The quantitative estimate of drug-likeness (QED) is 0.674. The van der Waals surface area contributed by atoms with Crippen molar-refractivity contribution in [1.82, 2.24) is 4.90 Å². The molecule has 3 aromatic rings. The summed E-state index contributed by atoms with van der Waals surface area (Å²) < 4.78 is 5.46. The lowest BCUT2D eigenvalue weighted by Crippen LogP contribution is -2.40. The summed E-state index contributed by atoms with van der Waals surface area (Å²) in [6.45, 7) is 2.72. The number of carbonyl (C=O) groups is 1. The van der Waals surface area contributed by atoms with Gasteiger partial charge in [0.15, 0.2) is 0 Å². The second-order valence-electron chi connectivity index (χ2n) is 7.00. The van der Waals surface area contributed by atoms with Gasteiger partial charge >= 0.3 is 0 Å². The summed E-state index contributed by atoms with van der Waals surface area (Å²) in [7, 11) is 1.68. The number of hydrogen-bond acceptors (Lipinski definition) is 2. The van der Waals surface area contributed by atoms with Crippen LogP contribution in [0.1, 0.15) is 38.7 Å². The van der Waals surface area contributed by atoms with Gasteiger partial charge in [0.2, 0.25) is 0 Å². The molecular weight excluding hydrogens is 334 g/mol. The Morgan fingerprint density at radius 1 is 1.00 bits per heavy atom. The van der Waals surface area contributed by atoms with Crippen LogP contribution in [-0.4, -0.2) is 24.5 Å². The maximum Gasteiger partial charge on any atom is 0.254 e. The maximum atomic E-state index is 13.4. The zero-order valence-corrected chi connectivity index (χ0v) is 15.7. The first kappa shape index (κ1) is 17.3. The number of ether oxygens (including phenoxy) is 1. The highest BCUT2D eigenvalue weighted by molar-refractivity contribution is 5.95. The summed E-state index contributed by atoms with van der Waals surface area (Å²) in [6, 6.07) is 24.2. The second kappa shape index (κ2) is 7.28. The van der Waals surface area contributed by atoms with E-state index >= 15 is 0 Å². The molecule has 1 amide bonds. The van der Waals surface area contributed by atoms with Crippen LogP contribution in [0.3, 0.4) is 0 Å². The van der Waals surface area contributed by atoms with E-state index < -0.39 is 0 Å². The van der Waals surface area contributed by atoms with Gasteiger partial charge < -0.3 is 9.64 Å². The predicted molar refractivity (Wildman–Crippen MR) is 107 cm³/mol. The monoisotopic (exact) mass is 357 g/mol. The van der Waals surface area contributed by atoms with Crippen LogP contribution >= 0.6 is 0 Å². The van der Waals surface area contributed by atoms with E-state index in [2.05, 4.69) is 24.3 Å². The summed E-state index contributed by atoms with van der Waals surface area (Å²) >= 11 is 0. The maximum absolute atomic E-state index is 13.4. The molecule has 0 N–H and O–H groups in total. The number of hydrogen-bond donors (Lipinski definition) is 0. The Morgan fingerprint density at radius 3 is 2.56 bits per heavy atom. The van der Waals surface area contributed by atoms with Crippen molar-refractivity contribution < 1.29 is 9.53 Å². The summed E-state index contributed by atoms with van der Waals surface area (Å²) in [5, 5.41) is 0. The molecule has 0 saturated heterocycles. The Morgan fingerprint density at radius 2 is 1.81 bits per heavy atom. The molecule has 1 heterocycles. The second-order valence-corrected chi connectivity index (χ2v) is 7.00. The summed E-state index contributed by atoms with van der Waals surface area (Å²) in [5.41, 5.74) is 5.37. The first-order chi connectivity index (χ1) is 13.2. The lowest BCUT2D eigenvalue weighted by atomic mass is 9.87. The van der Waals surface area contributed by atoms with Gasteiger partial charge in [0, 0.05) is 12.1 Å². The Labute approximate surface area is 160 Å². The Hall–Kier alpha value is -3.07. The van der Waals surface area contributed by atoms with Crippen LogP contribution in [0.4, 0.5) is 0 Å². The normalized spacial score (nSPS) is 15.9. The van der Waals surface area contributed by atoms with Gasteiger partial charge in [-0.25, -0.2) is 0 Å². The topological polar surface area (TPSA) is 29.5 Å². The molecule has 0 bridgehead atoms. The van der Waals surface area contributed by atoms with Crippen molar-refractivity contribution in [2.75, 3.05) is 13.7 Å². The molecule has 1 unspecified atom stereocenters. The zero-order chi connectivity index (χ0) is 18.8. The summed E-state index contributed by atoms with van der Waals surface area (Å²) in [4.78, 5) is 15.4. The first-order valence-corrected chi connectivity index (χ1v) is 9.27. The standard InChI is InChI=1S/C24H23NO2/c1-17-7-6-10-20(15-17)24(26)25-14-13-18-11-12-21(27-2)16-22(18)23(25)19-8-4-3-5-9-19/h3-12,15-16,23H,13-14H2,1-2H3. The number of amides is 1. The highest BCUT2D eigenvalue weighted by Gasteiger charge is 2.32. The Balaban J connectivity index is 1.82. The molecule has 1 aliphatic heterocycles. The van der Waals surface area contributed by atoms with E-state index in [1.54, 1.807) is 7.11 Å². The van der Waals surface area contributed by atoms with Gasteiger partial charge in [-0.05, 0) is 54.3 Å². The fraction of sp³-hybridized carbons (Fsp3) is 0.208. The van der Waals surface area contributed by atoms with Crippen molar-refractivity contribution in [3.05, 3.63) is 101 Å². The molecule has 136 valence electrons. The van der Waals surface area contributed by atoms with Gasteiger partial charge in [0.1, 0.15) is 5.75 Å². The molecule has 4 rings (SSSR count). The first-order valence-electron chi connectivity index (χ1n) is 9.27. The molecule has 3 heteroatoms. The molecule has 0 radical (unpaired) electrons. The molecule has 1 aliphatic rings. The van der Waals surface area contributed by atoms with Crippen molar-refractivity contribution in [1.29, 1.82) is 0 Å². The van der Waals surface area contributed by atoms with Crippen molar-refractivity contribution in [3.63, 3.8) is 0 Å². The van der Waals surface area contributed by atoms with E-state index in [-0.39, 0.29) is 11.9 Å². The highest BCUT2D eigenvalue weighted by Crippen LogP contribution is 2.37. The van der Waals surface area contributed by atoms with Gasteiger partial charge in [0.25, 0.3) is 5.91 Å². The molecule has 3 aromatic carbocycles. The number of nitrogens with zero attached hydrogens (tertiary/aromatic N) is 1. The highest BCUT2D eigenvalue weighted by atomic mass is 16.5. The molecule has 0 spiro atoms. The molecule has 0 fully saturated rings. The number of carbonyl (C=O) groups excluding carboxylic acids is 1. The molecular formula is C24H23NO2. The smallest absolute Gasteiger partial charge is 0.254 e. The van der Waals surface area contributed by atoms with Crippen LogP contribution in [0, 0.1) is 6.92 Å². The molecule has 0 aliphatic carbocycles. The van der Waals surface area contributed by atoms with Crippen LogP contribution in [0.25, 0.3) is 0 Å². The van der Waals surface area contributed by atoms with Crippen molar-refractivity contribution in [2.45, 2.75) is 19.4 Å². The van der Waals surface area contributed by atoms with Crippen molar-refractivity contribution in [3.8, 4) is 5.75 Å². The van der Waals surface area contributed by atoms with E-state index in [0.29, 0.717) is 6.54 Å². The van der Waals surface area contributed by atoms with E-state index in [4.69, 9.17) is 4.74 Å². The Kier molecular flexibility index (Phi) is 4.68. The molecule has 27 heavy (non-hydrogen) atoms. The van der Waals surface area contributed by atoms with Crippen LogP contribution in [0.15, 0.2) is 72.8 Å². The number of rotatable bonds is 3. The lowest BCUT2D eigenvalue weighted by molar-refractivity contribution is 0.0694. The third kappa shape index (κ3) is 3.33. The number of benzene rings is 3. The molecule has 3 nitrogen and oxygen atoms in total. The molecule has 1 atom stereocenters. The van der Waals surface area contributed by atoms with Crippen molar-refractivity contribution in [2.24, 2.45) is 0 Å². The van der Waals surface area contributed by atoms with Gasteiger partial charge in [-0.15, -0.1) is 0 Å². The van der Waals surface area contributed by atoms with Crippen LogP contribution in [0.2, 0.25) is 0 Å². The number of fused-ring (bicyclic) bond motifs is 1. The van der Waals surface area contributed by atoms with Gasteiger partial charge in [0.05, 0.1) is 13.2 Å². The lowest BCUT2D eigenvalue weighted by Gasteiger charge is -2.38. The zero-order valence-electron chi connectivity index (χ0n) is 15.7. The summed E-state index contributed by atoms with van der Waals surface area (Å²) in [6.07, 6.45) is 0.847. The minimum Gasteiger partial charge on any atom is -0.497 e. The van der Waals surface area contributed by atoms with Gasteiger partial charge in [-0.2, -0.15) is 0 Å². The SMILES string of the molecule is COc1ccc2c(c1)C(c1ccccc1)N(C(=O)c1cccc(C)c1)CC2. The minimum absolute atomic E-state index is 0.0704. The number of methoxy groups -OCH3 is 1. The fourth-order valence-electron chi connectivity index (χ4n) is 3.88. The van der Waals surface area contributed by atoms with Crippen molar-refractivity contribution >= 4 is 5.91 Å². The van der Waals surface area contributed by atoms with Crippen LogP contribution in [0.5, 0.6) is 5.75 Å². The van der Waals surface area contributed by atoms with E-state index in [1.165, 1.54) is 5.56 Å². The molecule has 0 aromatic heterocycles. The minimum atomic E-state index is -0.113. The predicted octanol–water partition coefficient (Wildman–Crippen LogP) is 4.79. The number of aryl methyl sites for hydroxylation is 1. The third-order valence-corrected chi connectivity index (χ3v) is 5.22. The summed E-state index contributed by atoms with van der Waals surface area (Å²) in [5.74, 6) is 0.889.